The molecule has 0 unspecified atom stereocenters. The molecule has 1 fully saturated rings. The predicted octanol–water partition coefficient (Wildman–Crippen LogP) is 5.19. The number of amides is 1. The molecule has 4 rings (SSSR count). The maximum Gasteiger partial charge on any atom is 0.254 e. The highest BCUT2D eigenvalue weighted by Crippen LogP contribution is 2.29. The third-order valence-electron chi connectivity index (χ3n) is 5.37. The molecule has 1 aliphatic rings. The molecule has 0 bridgehead atoms. The summed E-state index contributed by atoms with van der Waals surface area (Å²) in [6.07, 6.45) is 0.0464. The number of carbonyl (C=O) groups is 1. The number of aromatic nitrogens is 1. The van der Waals surface area contributed by atoms with Crippen LogP contribution in [0.1, 0.15) is 38.1 Å². The fourth-order valence-corrected chi connectivity index (χ4v) is 4.02. The van der Waals surface area contributed by atoms with Gasteiger partial charge in [0.1, 0.15) is 5.75 Å². The summed E-state index contributed by atoms with van der Waals surface area (Å²) >= 11 is 0. The molecule has 0 aliphatic carbocycles. The first kappa shape index (κ1) is 21.3. The van der Waals surface area contributed by atoms with Crippen LogP contribution in [0, 0.1) is 5.92 Å². The summed E-state index contributed by atoms with van der Waals surface area (Å²) in [5.74, 6) is 1.28. The van der Waals surface area contributed by atoms with Crippen molar-refractivity contribution in [2.75, 3.05) is 19.7 Å². The van der Waals surface area contributed by atoms with Crippen LogP contribution in [0.4, 0.5) is 0 Å². The topological polar surface area (TPSA) is 51.7 Å². The number of pyridine rings is 1. The zero-order chi connectivity index (χ0) is 22.0. The van der Waals surface area contributed by atoms with Gasteiger partial charge < -0.3 is 14.4 Å². The molecular weight excluding hydrogens is 388 g/mol. The highest BCUT2D eigenvalue weighted by Gasteiger charge is 2.28. The van der Waals surface area contributed by atoms with Crippen molar-refractivity contribution in [1.29, 1.82) is 0 Å². The normalized spacial score (nSPS) is 19.1. The molecule has 1 amide bonds. The van der Waals surface area contributed by atoms with E-state index in [4.69, 9.17) is 14.5 Å². The van der Waals surface area contributed by atoms with Crippen LogP contribution >= 0.6 is 0 Å². The monoisotopic (exact) mass is 418 g/mol. The Balaban J connectivity index is 1.74. The van der Waals surface area contributed by atoms with Gasteiger partial charge in [0.25, 0.3) is 5.91 Å². The average molecular weight is 419 g/mol. The molecule has 5 heteroatoms. The SMILES string of the molecule is CC(C)COc1cccc(-c2cc(C(=O)N3C[C@H](C)O[C@@H](C)C3)c3ccccc3n2)c1. The van der Waals surface area contributed by atoms with Crippen LogP contribution < -0.4 is 4.74 Å². The summed E-state index contributed by atoms with van der Waals surface area (Å²) in [5, 5.41) is 0.871. The fraction of sp³-hybridized carbons (Fsp3) is 0.385. The minimum Gasteiger partial charge on any atom is -0.493 e. The molecule has 0 saturated carbocycles. The van der Waals surface area contributed by atoms with Gasteiger partial charge in [-0.2, -0.15) is 0 Å². The number of hydrogen-bond donors (Lipinski definition) is 0. The number of morpholine rings is 1. The van der Waals surface area contributed by atoms with Gasteiger partial charge in [0, 0.05) is 24.0 Å². The zero-order valence-corrected chi connectivity index (χ0v) is 18.7. The molecule has 1 aromatic heterocycles. The smallest absolute Gasteiger partial charge is 0.254 e. The van der Waals surface area contributed by atoms with E-state index in [0.717, 1.165) is 27.9 Å². The van der Waals surface area contributed by atoms with Gasteiger partial charge in [0.05, 0.1) is 35.6 Å². The lowest BCUT2D eigenvalue weighted by molar-refractivity contribution is -0.0585. The number of ether oxygens (including phenoxy) is 2. The van der Waals surface area contributed by atoms with Crippen molar-refractivity contribution in [1.82, 2.24) is 9.88 Å². The molecule has 0 N–H and O–H groups in total. The van der Waals surface area contributed by atoms with E-state index in [2.05, 4.69) is 13.8 Å². The van der Waals surface area contributed by atoms with Crippen molar-refractivity contribution in [3.05, 3.63) is 60.2 Å². The summed E-state index contributed by atoms with van der Waals surface area (Å²) in [6.45, 7) is 10.1. The van der Waals surface area contributed by atoms with Crippen molar-refractivity contribution >= 4 is 16.8 Å². The summed E-state index contributed by atoms with van der Waals surface area (Å²) in [4.78, 5) is 20.3. The second kappa shape index (κ2) is 9.06. The Morgan fingerprint density at radius 2 is 1.84 bits per heavy atom. The first-order valence-corrected chi connectivity index (χ1v) is 11.0. The first-order chi connectivity index (χ1) is 14.9. The highest BCUT2D eigenvalue weighted by atomic mass is 16.5. The minimum atomic E-state index is 0.0223. The molecule has 162 valence electrons. The van der Waals surface area contributed by atoms with Gasteiger partial charge in [-0.3, -0.25) is 4.79 Å². The van der Waals surface area contributed by atoms with Crippen LogP contribution in [-0.2, 0) is 4.74 Å². The van der Waals surface area contributed by atoms with Gasteiger partial charge in [0.2, 0.25) is 0 Å². The summed E-state index contributed by atoms with van der Waals surface area (Å²) in [6, 6.07) is 17.7. The Morgan fingerprint density at radius 1 is 1.10 bits per heavy atom. The van der Waals surface area contributed by atoms with Crippen LogP contribution in [0.25, 0.3) is 22.2 Å². The van der Waals surface area contributed by atoms with Gasteiger partial charge in [-0.15, -0.1) is 0 Å². The average Bonchev–Trinajstić information content (AvgIpc) is 2.76. The fourth-order valence-electron chi connectivity index (χ4n) is 4.02. The van der Waals surface area contributed by atoms with E-state index in [0.29, 0.717) is 31.2 Å². The Hall–Kier alpha value is -2.92. The number of rotatable bonds is 5. The van der Waals surface area contributed by atoms with Crippen molar-refractivity contribution in [2.45, 2.75) is 39.9 Å². The highest BCUT2D eigenvalue weighted by molar-refractivity contribution is 6.07. The molecule has 31 heavy (non-hydrogen) atoms. The maximum absolute atomic E-state index is 13.6. The molecule has 5 nitrogen and oxygen atoms in total. The molecule has 2 aromatic carbocycles. The third kappa shape index (κ3) is 4.88. The number of nitrogens with zero attached hydrogens (tertiary/aromatic N) is 2. The van der Waals surface area contributed by atoms with Crippen LogP contribution in [-0.4, -0.2) is 47.7 Å². The number of benzene rings is 2. The van der Waals surface area contributed by atoms with Crippen LogP contribution in [0.2, 0.25) is 0 Å². The molecule has 0 spiro atoms. The standard InChI is InChI=1S/C26H30N2O3/c1-17(2)16-30-21-9-7-8-20(12-21)25-13-23(22-10-5-6-11-24(22)27-25)26(29)28-14-18(3)31-19(4)15-28/h5-13,17-19H,14-16H2,1-4H3/t18-,19-/m0/s1. The number of hydrogen-bond acceptors (Lipinski definition) is 4. The maximum atomic E-state index is 13.6. The van der Waals surface area contributed by atoms with Crippen molar-refractivity contribution < 1.29 is 14.3 Å². The predicted molar refractivity (Wildman–Crippen MR) is 123 cm³/mol. The summed E-state index contributed by atoms with van der Waals surface area (Å²) in [5.41, 5.74) is 3.19. The quantitative estimate of drug-likeness (QED) is 0.572. The van der Waals surface area contributed by atoms with Gasteiger partial charge in [0.15, 0.2) is 0 Å². The number of para-hydroxylation sites is 1. The lowest BCUT2D eigenvalue weighted by atomic mass is 10.0. The van der Waals surface area contributed by atoms with E-state index in [1.807, 2.05) is 73.3 Å². The molecule has 2 heterocycles. The Kier molecular flexibility index (Phi) is 6.23. The minimum absolute atomic E-state index is 0.0223. The van der Waals surface area contributed by atoms with E-state index in [9.17, 15) is 4.79 Å². The van der Waals surface area contributed by atoms with Gasteiger partial charge >= 0.3 is 0 Å². The lowest BCUT2D eigenvalue weighted by Gasteiger charge is -2.35. The second-order valence-corrected chi connectivity index (χ2v) is 8.77. The Labute approximate surface area is 184 Å². The largest absolute Gasteiger partial charge is 0.493 e. The van der Waals surface area contributed by atoms with Gasteiger partial charge in [-0.1, -0.05) is 44.2 Å². The van der Waals surface area contributed by atoms with Gasteiger partial charge in [-0.05, 0) is 44.0 Å². The Morgan fingerprint density at radius 3 is 2.58 bits per heavy atom. The van der Waals surface area contributed by atoms with E-state index in [-0.39, 0.29) is 18.1 Å². The molecule has 3 aromatic rings. The van der Waals surface area contributed by atoms with Crippen molar-refractivity contribution in [2.24, 2.45) is 5.92 Å². The second-order valence-electron chi connectivity index (χ2n) is 8.77. The number of carbonyl (C=O) groups excluding carboxylic acids is 1. The van der Waals surface area contributed by atoms with Gasteiger partial charge in [-0.25, -0.2) is 4.98 Å². The molecular formula is C26H30N2O3. The molecule has 2 atom stereocenters. The van der Waals surface area contributed by atoms with Crippen LogP contribution in [0.15, 0.2) is 54.6 Å². The Bertz CT molecular complexity index is 1070. The van der Waals surface area contributed by atoms with E-state index in [1.54, 1.807) is 0 Å². The summed E-state index contributed by atoms with van der Waals surface area (Å²) in [7, 11) is 0. The van der Waals surface area contributed by atoms with Crippen LogP contribution in [0.5, 0.6) is 5.75 Å². The van der Waals surface area contributed by atoms with E-state index in [1.165, 1.54) is 0 Å². The van der Waals surface area contributed by atoms with E-state index < -0.39 is 0 Å². The number of fused-ring (bicyclic) bond motifs is 1. The molecule has 1 saturated heterocycles. The third-order valence-corrected chi connectivity index (χ3v) is 5.37. The van der Waals surface area contributed by atoms with Crippen LogP contribution in [0.3, 0.4) is 0 Å². The molecule has 1 aliphatic heterocycles. The molecule has 0 radical (unpaired) electrons. The van der Waals surface area contributed by atoms with E-state index >= 15 is 0 Å². The first-order valence-electron chi connectivity index (χ1n) is 11.0. The van der Waals surface area contributed by atoms with Crippen molar-refractivity contribution in [3.8, 4) is 17.0 Å². The lowest BCUT2D eigenvalue weighted by Crippen LogP contribution is -2.48. The zero-order valence-electron chi connectivity index (χ0n) is 18.7. The van der Waals surface area contributed by atoms with Crippen molar-refractivity contribution in [3.63, 3.8) is 0 Å². The summed E-state index contributed by atoms with van der Waals surface area (Å²) < 4.78 is 11.7.